The fourth-order valence-corrected chi connectivity index (χ4v) is 3.50. The monoisotopic (exact) mass is 360 g/mol. The average Bonchev–Trinajstić information content (AvgIpc) is 2.64. The van der Waals surface area contributed by atoms with E-state index in [9.17, 15) is 0 Å². The van der Waals surface area contributed by atoms with Gasteiger partial charge >= 0.3 is 0 Å². The van der Waals surface area contributed by atoms with Crippen LogP contribution >= 0.6 is 0 Å². The maximum atomic E-state index is 4.90. The Kier molecular flexibility index (Phi) is 8.16. The molecule has 0 unspecified atom stereocenters. The van der Waals surface area contributed by atoms with Crippen molar-refractivity contribution in [1.29, 1.82) is 0 Å². The van der Waals surface area contributed by atoms with Crippen LogP contribution in [0.1, 0.15) is 34.6 Å². The van der Waals surface area contributed by atoms with Gasteiger partial charge < -0.3 is 15.1 Å². The zero-order valence-electron chi connectivity index (χ0n) is 17.1. The first-order valence-corrected chi connectivity index (χ1v) is 9.98. The first-order chi connectivity index (χ1) is 12.5. The second-order valence-corrected chi connectivity index (χ2v) is 7.32. The van der Waals surface area contributed by atoms with Crippen molar-refractivity contribution in [2.24, 2.45) is 4.99 Å². The van der Waals surface area contributed by atoms with E-state index in [1.807, 2.05) is 12.3 Å². The fraction of sp³-hybridized carbons (Fsp3) is 0.700. The van der Waals surface area contributed by atoms with Crippen LogP contribution in [0, 0.1) is 0 Å². The Morgan fingerprint density at radius 2 is 1.85 bits per heavy atom. The molecule has 1 fully saturated rings. The Balaban J connectivity index is 1.91. The van der Waals surface area contributed by atoms with Gasteiger partial charge in [-0.3, -0.25) is 9.89 Å². The van der Waals surface area contributed by atoms with Crippen molar-refractivity contribution in [3.8, 4) is 0 Å². The first kappa shape index (κ1) is 20.5. The highest BCUT2D eigenvalue weighted by molar-refractivity contribution is 5.80. The fourth-order valence-electron chi connectivity index (χ4n) is 3.50. The zero-order chi connectivity index (χ0) is 18.9. The van der Waals surface area contributed by atoms with E-state index in [1.54, 1.807) is 0 Å². The van der Waals surface area contributed by atoms with Crippen molar-refractivity contribution in [3.05, 3.63) is 24.4 Å². The van der Waals surface area contributed by atoms with Gasteiger partial charge in [0.2, 0.25) is 0 Å². The van der Waals surface area contributed by atoms with Crippen LogP contribution in [0.15, 0.2) is 29.4 Å². The molecular weight excluding hydrogens is 324 g/mol. The molecule has 1 saturated heterocycles. The minimum absolute atomic E-state index is 0.551. The molecule has 0 aromatic carbocycles. The summed E-state index contributed by atoms with van der Waals surface area (Å²) in [5, 5.41) is 3.46. The average molecular weight is 361 g/mol. The summed E-state index contributed by atoms with van der Waals surface area (Å²) in [4.78, 5) is 16.6. The molecule has 1 aliphatic rings. The highest BCUT2D eigenvalue weighted by Gasteiger charge is 2.20. The molecule has 1 aromatic rings. The summed E-state index contributed by atoms with van der Waals surface area (Å²) < 4.78 is 0. The zero-order valence-corrected chi connectivity index (χ0v) is 17.1. The van der Waals surface area contributed by atoms with Crippen molar-refractivity contribution in [3.63, 3.8) is 0 Å². The van der Waals surface area contributed by atoms with Crippen molar-refractivity contribution in [1.82, 2.24) is 20.1 Å². The SMILES string of the molecule is CCNC(=NCCN(C(C)C)C(C)C)N1CCN(c2ccccn2)CC1. The van der Waals surface area contributed by atoms with Gasteiger partial charge in [-0.15, -0.1) is 0 Å². The molecule has 26 heavy (non-hydrogen) atoms. The topological polar surface area (TPSA) is 47.0 Å². The highest BCUT2D eigenvalue weighted by atomic mass is 15.4. The molecule has 6 nitrogen and oxygen atoms in total. The van der Waals surface area contributed by atoms with Crippen LogP contribution in [0.5, 0.6) is 0 Å². The Bertz CT molecular complexity index is 526. The van der Waals surface area contributed by atoms with Gasteiger partial charge in [0.05, 0.1) is 6.54 Å². The van der Waals surface area contributed by atoms with Gasteiger partial charge in [0, 0.05) is 57.5 Å². The maximum Gasteiger partial charge on any atom is 0.194 e. The van der Waals surface area contributed by atoms with Gasteiger partial charge in [0.25, 0.3) is 0 Å². The van der Waals surface area contributed by atoms with E-state index in [1.165, 1.54) is 0 Å². The molecule has 6 heteroatoms. The van der Waals surface area contributed by atoms with Crippen LogP contribution in [0.3, 0.4) is 0 Å². The first-order valence-electron chi connectivity index (χ1n) is 9.98. The Morgan fingerprint density at radius 3 is 2.38 bits per heavy atom. The Hall–Kier alpha value is -1.82. The highest BCUT2D eigenvalue weighted by Crippen LogP contribution is 2.12. The number of nitrogens with one attached hydrogen (secondary N) is 1. The van der Waals surface area contributed by atoms with Crippen molar-refractivity contribution < 1.29 is 0 Å². The second-order valence-electron chi connectivity index (χ2n) is 7.32. The summed E-state index contributed by atoms with van der Waals surface area (Å²) in [6.45, 7) is 17.8. The molecule has 146 valence electrons. The predicted octanol–water partition coefficient (Wildman–Crippen LogP) is 2.29. The second kappa shape index (κ2) is 10.4. The maximum absolute atomic E-state index is 4.90. The minimum atomic E-state index is 0.551. The predicted molar refractivity (Wildman–Crippen MR) is 111 cm³/mol. The molecular formula is C20H36N6. The van der Waals surface area contributed by atoms with Crippen molar-refractivity contribution >= 4 is 11.8 Å². The normalized spacial score (nSPS) is 16.1. The lowest BCUT2D eigenvalue weighted by Crippen LogP contribution is -2.53. The standard InChI is InChI=1S/C20H36N6/c1-6-21-20(23-11-12-26(17(2)3)18(4)5)25-15-13-24(14-16-25)19-9-7-8-10-22-19/h7-10,17-18H,6,11-16H2,1-5H3,(H,21,23). The van der Waals surface area contributed by atoms with E-state index in [0.29, 0.717) is 12.1 Å². The summed E-state index contributed by atoms with van der Waals surface area (Å²) in [5.74, 6) is 2.11. The number of pyridine rings is 1. The molecule has 0 aliphatic carbocycles. The van der Waals surface area contributed by atoms with Gasteiger partial charge in [-0.2, -0.15) is 0 Å². The molecule has 1 N–H and O–H groups in total. The lowest BCUT2D eigenvalue weighted by molar-refractivity contribution is 0.180. The van der Waals surface area contributed by atoms with Gasteiger partial charge in [-0.05, 0) is 46.8 Å². The molecule has 1 aliphatic heterocycles. The quantitative estimate of drug-likeness (QED) is 0.597. The lowest BCUT2D eigenvalue weighted by atomic mass is 10.2. The summed E-state index contributed by atoms with van der Waals surface area (Å²) in [6, 6.07) is 7.20. The van der Waals surface area contributed by atoms with Crippen LogP contribution < -0.4 is 10.2 Å². The van der Waals surface area contributed by atoms with Gasteiger partial charge in [0.1, 0.15) is 5.82 Å². The Labute approximate surface area is 159 Å². The number of hydrogen-bond donors (Lipinski definition) is 1. The molecule has 0 saturated carbocycles. The summed E-state index contributed by atoms with van der Waals surface area (Å²) in [5.41, 5.74) is 0. The van der Waals surface area contributed by atoms with E-state index in [2.05, 4.69) is 71.8 Å². The summed E-state index contributed by atoms with van der Waals surface area (Å²) in [6.07, 6.45) is 1.86. The van der Waals surface area contributed by atoms with E-state index >= 15 is 0 Å². The molecule has 0 radical (unpaired) electrons. The molecule has 0 bridgehead atoms. The van der Waals surface area contributed by atoms with Gasteiger partial charge in [-0.25, -0.2) is 4.98 Å². The summed E-state index contributed by atoms with van der Waals surface area (Å²) in [7, 11) is 0. The van der Waals surface area contributed by atoms with Crippen molar-refractivity contribution in [2.75, 3.05) is 50.7 Å². The summed E-state index contributed by atoms with van der Waals surface area (Å²) >= 11 is 0. The number of anilines is 1. The van der Waals surface area contributed by atoms with E-state index in [4.69, 9.17) is 4.99 Å². The number of hydrogen-bond acceptors (Lipinski definition) is 4. The van der Waals surface area contributed by atoms with Crippen LogP contribution in [-0.4, -0.2) is 78.6 Å². The molecule has 2 heterocycles. The van der Waals surface area contributed by atoms with E-state index in [0.717, 1.165) is 57.6 Å². The Morgan fingerprint density at radius 1 is 1.15 bits per heavy atom. The van der Waals surface area contributed by atoms with Gasteiger partial charge in [-0.1, -0.05) is 6.07 Å². The molecule has 1 aromatic heterocycles. The lowest BCUT2D eigenvalue weighted by Gasteiger charge is -2.37. The van der Waals surface area contributed by atoms with Gasteiger partial charge in [0.15, 0.2) is 5.96 Å². The van der Waals surface area contributed by atoms with E-state index in [-0.39, 0.29) is 0 Å². The van der Waals surface area contributed by atoms with Crippen LogP contribution in [0.2, 0.25) is 0 Å². The van der Waals surface area contributed by atoms with Crippen LogP contribution in [0.25, 0.3) is 0 Å². The van der Waals surface area contributed by atoms with Crippen molar-refractivity contribution in [2.45, 2.75) is 46.7 Å². The molecule has 0 spiro atoms. The number of guanidine groups is 1. The third-order valence-electron chi connectivity index (χ3n) is 4.83. The third kappa shape index (κ3) is 5.87. The smallest absolute Gasteiger partial charge is 0.194 e. The molecule has 0 atom stereocenters. The van der Waals surface area contributed by atoms with Crippen LogP contribution in [0.4, 0.5) is 5.82 Å². The van der Waals surface area contributed by atoms with Crippen LogP contribution in [-0.2, 0) is 0 Å². The number of aliphatic imine (C=N–C) groups is 1. The molecule has 0 amide bonds. The third-order valence-corrected chi connectivity index (χ3v) is 4.83. The number of rotatable bonds is 7. The van der Waals surface area contributed by atoms with E-state index < -0.39 is 0 Å². The number of aromatic nitrogens is 1. The number of piperazine rings is 1. The molecule has 2 rings (SSSR count). The minimum Gasteiger partial charge on any atom is -0.357 e. The number of nitrogens with zero attached hydrogens (tertiary/aromatic N) is 5. The largest absolute Gasteiger partial charge is 0.357 e.